The lowest BCUT2D eigenvalue weighted by molar-refractivity contribution is -0.199. The summed E-state index contributed by atoms with van der Waals surface area (Å²) >= 11 is 0. The van der Waals surface area contributed by atoms with E-state index < -0.39 is 66.5 Å². The molecule has 0 radical (unpaired) electrons. The molecular weight excluding hydrogens is 821 g/mol. The molecule has 9 N–H and O–H groups in total. The Kier molecular flexibility index (Phi) is 18.6. The summed E-state index contributed by atoms with van der Waals surface area (Å²) in [6.07, 6.45) is 8.65. The predicted molar refractivity (Wildman–Crippen MR) is 256 cm³/mol. The van der Waals surface area contributed by atoms with Gasteiger partial charge in [-0.25, -0.2) is 0 Å². The molecule has 1 heterocycles. The average Bonchev–Trinajstić information content (AvgIpc) is 3.65. The van der Waals surface area contributed by atoms with Crippen molar-refractivity contribution < 1.29 is 33.3 Å². The molecule has 1 unspecified atom stereocenters. The van der Waals surface area contributed by atoms with Gasteiger partial charge in [-0.05, 0) is 156 Å². The van der Waals surface area contributed by atoms with Crippen LogP contribution in [0.5, 0.6) is 0 Å². The molecule has 6 rings (SSSR count). The number of unbranched alkanes of at least 4 members (excludes halogenated alkanes) is 3. The maximum absolute atomic E-state index is 13.9. The lowest BCUT2D eigenvalue weighted by Gasteiger charge is -2.64. The van der Waals surface area contributed by atoms with Crippen LogP contribution in [0.4, 0.5) is 0 Å². The number of hydrogen-bond acceptors (Lipinski definition) is 9. The monoisotopic (exact) mass is 900 g/mol. The van der Waals surface area contributed by atoms with Crippen LogP contribution >= 0.6 is 0 Å². The van der Waals surface area contributed by atoms with E-state index in [0.717, 1.165) is 43.2 Å². The van der Waals surface area contributed by atoms with E-state index in [1.165, 1.54) is 12.5 Å². The minimum absolute atomic E-state index is 0.0310. The summed E-state index contributed by atoms with van der Waals surface area (Å²) in [6.45, 7) is 17.1. The van der Waals surface area contributed by atoms with Crippen molar-refractivity contribution in [3.05, 3.63) is 59.7 Å². The molecular formula is C50H78BN7O7. The second-order valence-corrected chi connectivity index (χ2v) is 20.1. The highest BCUT2D eigenvalue weighted by Gasteiger charge is 2.68. The van der Waals surface area contributed by atoms with Gasteiger partial charge in [0.15, 0.2) is 0 Å². The van der Waals surface area contributed by atoms with Crippen molar-refractivity contribution in [3.63, 3.8) is 0 Å². The Hall–Kier alpha value is -4.31. The van der Waals surface area contributed by atoms with Crippen LogP contribution in [0.25, 0.3) is 11.1 Å². The summed E-state index contributed by atoms with van der Waals surface area (Å²) in [4.78, 5) is 68.9. The number of hydrogen-bond donors (Lipinski definition) is 7. The zero-order valence-corrected chi connectivity index (χ0v) is 40.3. The summed E-state index contributed by atoms with van der Waals surface area (Å²) in [5.74, 6) is -1.85. The van der Waals surface area contributed by atoms with Gasteiger partial charge in [-0.2, -0.15) is 0 Å². The highest BCUT2D eigenvalue weighted by atomic mass is 16.7. The molecule has 3 saturated carbocycles. The lowest BCUT2D eigenvalue weighted by atomic mass is 9.43. The summed E-state index contributed by atoms with van der Waals surface area (Å²) in [6, 6.07) is 11.8. The number of amides is 5. The Morgan fingerprint density at radius 1 is 0.692 bits per heavy atom. The molecule has 2 bridgehead atoms. The van der Waals surface area contributed by atoms with Crippen molar-refractivity contribution in [1.29, 1.82) is 0 Å². The fourth-order valence-corrected chi connectivity index (χ4v) is 9.98. The van der Waals surface area contributed by atoms with E-state index in [0.29, 0.717) is 69.0 Å². The standard InChI is InChI=1S/C50H78BN7O7/c1-9-10-15-34-18-20-35(21-19-34)36-22-24-37(25-23-36)45(60)56-40(17-12-14-27-53)47(62)57-39(16-11-13-26-52)46(61)54-32(4)44(59)58-41(28-31(2)3)48(63)55-33(5)51-64-43-30-38-29-42(49(38,6)7)50(43,8)65-51/h18-25,31-33,38-43H,9-17,26-30,52-53H2,1-8H3,(H,54,61)(H,55,63)(H,56,60)(H,57,62)(H,58,59)/t32-,33-,38-,39-,40-,41-,42-,43?,50-/m0/s1. The van der Waals surface area contributed by atoms with Crippen LogP contribution in [-0.2, 0) is 34.9 Å². The third-order valence-corrected chi connectivity index (χ3v) is 14.2. The van der Waals surface area contributed by atoms with E-state index >= 15 is 0 Å². The summed E-state index contributed by atoms with van der Waals surface area (Å²) in [5, 5.41) is 14.4. The van der Waals surface area contributed by atoms with Gasteiger partial charge in [0.05, 0.1) is 17.6 Å². The molecule has 1 aliphatic heterocycles. The number of rotatable bonds is 25. The topological polar surface area (TPSA) is 216 Å². The third-order valence-electron chi connectivity index (χ3n) is 14.2. The maximum atomic E-state index is 13.9. The quantitative estimate of drug-likeness (QED) is 0.0505. The first kappa shape index (κ1) is 51.7. The Labute approximate surface area is 388 Å². The van der Waals surface area contributed by atoms with Gasteiger partial charge in [0.25, 0.3) is 5.91 Å². The normalized spacial score (nSPS) is 22.9. The van der Waals surface area contributed by atoms with Crippen LogP contribution in [-0.4, -0.2) is 91.6 Å². The molecule has 2 aromatic carbocycles. The first-order chi connectivity index (χ1) is 30.9. The lowest BCUT2D eigenvalue weighted by Crippen LogP contribution is -2.65. The predicted octanol–water partition coefficient (Wildman–Crippen LogP) is 5.35. The largest absolute Gasteiger partial charge is 0.481 e. The highest BCUT2D eigenvalue weighted by Crippen LogP contribution is 2.65. The van der Waals surface area contributed by atoms with Crippen molar-refractivity contribution in [2.24, 2.45) is 34.6 Å². The third kappa shape index (κ3) is 13.2. The van der Waals surface area contributed by atoms with E-state index in [2.05, 4.69) is 78.5 Å². The second-order valence-electron chi connectivity index (χ2n) is 20.1. The minimum Gasteiger partial charge on any atom is -0.404 e. The van der Waals surface area contributed by atoms with Gasteiger partial charge in [-0.1, -0.05) is 77.4 Å². The van der Waals surface area contributed by atoms with E-state index in [1.54, 1.807) is 12.1 Å². The van der Waals surface area contributed by atoms with Crippen molar-refractivity contribution in [2.75, 3.05) is 13.1 Å². The Bertz CT molecular complexity index is 1910. The fourth-order valence-electron chi connectivity index (χ4n) is 9.98. The number of nitrogens with one attached hydrogen (secondary N) is 5. The maximum Gasteiger partial charge on any atom is 0.481 e. The van der Waals surface area contributed by atoms with Crippen LogP contribution < -0.4 is 38.1 Å². The molecule has 9 atom stereocenters. The van der Waals surface area contributed by atoms with Crippen molar-refractivity contribution in [1.82, 2.24) is 26.6 Å². The smallest absolute Gasteiger partial charge is 0.404 e. The zero-order chi connectivity index (χ0) is 47.5. The Morgan fingerprint density at radius 2 is 1.25 bits per heavy atom. The Morgan fingerprint density at radius 3 is 1.82 bits per heavy atom. The number of aryl methyl sites for hydroxylation is 1. The van der Waals surface area contributed by atoms with Crippen molar-refractivity contribution in [2.45, 2.75) is 174 Å². The SMILES string of the molecule is CCCCc1ccc(-c2ccc(C(=O)N[C@@H](CCCCN)C(=O)N[C@@H](CCCCN)C(=O)N[C@@H](C)C(=O)N[C@@H](CC(C)C)C(=O)N[C@@H](C)B3OC4C[C@@H]5C[C@@H](C5(C)C)[C@]4(C)O3)cc2)cc1. The van der Waals surface area contributed by atoms with Gasteiger partial charge in [0.1, 0.15) is 24.2 Å². The molecule has 4 fully saturated rings. The van der Waals surface area contributed by atoms with Gasteiger partial charge < -0.3 is 47.4 Å². The van der Waals surface area contributed by atoms with Crippen LogP contribution in [0.15, 0.2) is 48.5 Å². The molecule has 1 saturated heterocycles. The van der Waals surface area contributed by atoms with E-state index in [4.69, 9.17) is 20.8 Å². The average molecular weight is 900 g/mol. The highest BCUT2D eigenvalue weighted by molar-refractivity contribution is 6.47. The van der Waals surface area contributed by atoms with Crippen LogP contribution in [0.1, 0.15) is 142 Å². The summed E-state index contributed by atoms with van der Waals surface area (Å²) in [7, 11) is -0.618. The van der Waals surface area contributed by atoms with E-state index in [9.17, 15) is 24.0 Å². The summed E-state index contributed by atoms with van der Waals surface area (Å²) in [5.41, 5.74) is 15.0. The van der Waals surface area contributed by atoms with Gasteiger partial charge in [-0.3, -0.25) is 24.0 Å². The van der Waals surface area contributed by atoms with Gasteiger partial charge in [-0.15, -0.1) is 0 Å². The zero-order valence-electron chi connectivity index (χ0n) is 40.3. The minimum atomic E-state index is -1.04. The first-order valence-electron chi connectivity index (χ1n) is 24.4. The van der Waals surface area contributed by atoms with Crippen molar-refractivity contribution in [3.8, 4) is 11.1 Å². The van der Waals surface area contributed by atoms with E-state index in [1.807, 2.05) is 32.9 Å². The summed E-state index contributed by atoms with van der Waals surface area (Å²) < 4.78 is 13.0. The molecule has 358 valence electrons. The molecule has 5 amide bonds. The number of carbonyl (C=O) groups excluding carboxylic acids is 5. The molecule has 0 spiro atoms. The van der Waals surface area contributed by atoms with Gasteiger partial charge >= 0.3 is 7.12 Å². The van der Waals surface area contributed by atoms with E-state index in [-0.39, 0.29) is 29.8 Å². The molecule has 0 aromatic heterocycles. The Balaban J connectivity index is 1.19. The fraction of sp³-hybridized carbons (Fsp3) is 0.660. The molecule has 2 aromatic rings. The number of benzene rings is 2. The number of nitrogens with two attached hydrogens (primary N) is 2. The van der Waals surface area contributed by atoms with Crippen molar-refractivity contribution >= 4 is 36.7 Å². The second kappa shape index (κ2) is 23.4. The number of carbonyl (C=O) groups is 5. The van der Waals surface area contributed by atoms with Crippen LogP contribution in [0.3, 0.4) is 0 Å². The molecule has 14 nitrogen and oxygen atoms in total. The molecule has 3 aliphatic carbocycles. The van der Waals surface area contributed by atoms with Gasteiger partial charge in [0.2, 0.25) is 23.6 Å². The molecule has 4 aliphatic rings. The van der Waals surface area contributed by atoms with Crippen LogP contribution in [0.2, 0.25) is 0 Å². The molecule has 15 heteroatoms. The first-order valence-corrected chi connectivity index (χ1v) is 24.4. The van der Waals surface area contributed by atoms with Gasteiger partial charge in [0, 0.05) is 5.56 Å². The van der Waals surface area contributed by atoms with Crippen LogP contribution in [0, 0.1) is 23.2 Å². The molecule has 65 heavy (non-hydrogen) atoms.